The van der Waals surface area contributed by atoms with E-state index in [2.05, 4.69) is 10.2 Å². The van der Waals surface area contributed by atoms with Crippen molar-refractivity contribution in [2.24, 2.45) is 11.7 Å². The third-order valence-corrected chi connectivity index (χ3v) is 3.84. The molecule has 0 bridgehead atoms. The first-order valence-electron chi connectivity index (χ1n) is 7.50. The van der Waals surface area contributed by atoms with E-state index >= 15 is 0 Å². The highest BCUT2D eigenvalue weighted by Crippen LogP contribution is 2.25. The van der Waals surface area contributed by atoms with Crippen LogP contribution in [-0.4, -0.2) is 44.1 Å². The number of likely N-dealkylation sites (N-methyl/N-ethyl adjacent to an activating group) is 1. The van der Waals surface area contributed by atoms with E-state index in [9.17, 15) is 4.79 Å². The first kappa shape index (κ1) is 15.8. The maximum absolute atomic E-state index is 12.1. The maximum atomic E-state index is 12.1. The third kappa shape index (κ3) is 4.72. The Bertz CT molecular complexity index is 459. The normalized spacial score (nSPS) is 21.5. The first-order valence-corrected chi connectivity index (χ1v) is 7.50. The second-order valence-corrected chi connectivity index (χ2v) is 5.87. The standard InChI is InChI=1S/C16H25N3O2/c1-19(2)10-11-21-13-8-6-12(7-9-13)18-16(20)14-4-3-5-15(14)17/h6-9,14-15H,3-5,10-11,17H2,1-2H3,(H,18,20). The zero-order chi connectivity index (χ0) is 15.2. The molecule has 0 aromatic heterocycles. The molecule has 1 aliphatic rings. The van der Waals surface area contributed by atoms with Crippen molar-refractivity contribution < 1.29 is 9.53 Å². The molecule has 0 radical (unpaired) electrons. The van der Waals surface area contributed by atoms with Crippen LogP contribution in [0.2, 0.25) is 0 Å². The Labute approximate surface area is 126 Å². The lowest BCUT2D eigenvalue weighted by molar-refractivity contribution is -0.120. The lowest BCUT2D eigenvalue weighted by atomic mass is 10.0. The van der Waals surface area contributed by atoms with Gasteiger partial charge >= 0.3 is 0 Å². The summed E-state index contributed by atoms with van der Waals surface area (Å²) in [5.74, 6) is 0.787. The van der Waals surface area contributed by atoms with Crippen LogP contribution in [0.15, 0.2) is 24.3 Å². The zero-order valence-corrected chi connectivity index (χ0v) is 12.8. The minimum atomic E-state index is -0.0546. The Hall–Kier alpha value is -1.59. The molecule has 0 heterocycles. The van der Waals surface area contributed by atoms with Gasteiger partial charge in [0.2, 0.25) is 5.91 Å². The number of carbonyl (C=O) groups is 1. The average molecular weight is 291 g/mol. The number of hydrogen-bond acceptors (Lipinski definition) is 4. The molecular weight excluding hydrogens is 266 g/mol. The summed E-state index contributed by atoms with van der Waals surface area (Å²) in [6.45, 7) is 1.52. The number of carbonyl (C=O) groups excluding carboxylic acids is 1. The highest BCUT2D eigenvalue weighted by Gasteiger charge is 2.30. The molecule has 1 amide bonds. The van der Waals surface area contributed by atoms with Gasteiger partial charge in [-0.1, -0.05) is 6.42 Å². The maximum Gasteiger partial charge on any atom is 0.229 e. The van der Waals surface area contributed by atoms with E-state index in [0.29, 0.717) is 6.61 Å². The Balaban J connectivity index is 1.83. The number of ether oxygens (including phenoxy) is 1. The molecule has 5 heteroatoms. The number of nitrogens with one attached hydrogen (secondary N) is 1. The van der Waals surface area contributed by atoms with Crippen molar-refractivity contribution in [3.8, 4) is 5.75 Å². The fourth-order valence-corrected chi connectivity index (χ4v) is 2.53. The third-order valence-electron chi connectivity index (χ3n) is 3.84. The van der Waals surface area contributed by atoms with Gasteiger partial charge in [-0.15, -0.1) is 0 Å². The smallest absolute Gasteiger partial charge is 0.229 e. The summed E-state index contributed by atoms with van der Waals surface area (Å²) in [6, 6.07) is 7.48. The second-order valence-electron chi connectivity index (χ2n) is 5.87. The zero-order valence-electron chi connectivity index (χ0n) is 12.8. The summed E-state index contributed by atoms with van der Waals surface area (Å²) in [5.41, 5.74) is 6.74. The van der Waals surface area contributed by atoms with Gasteiger partial charge in [0.15, 0.2) is 0 Å². The van der Waals surface area contributed by atoms with Crippen molar-refractivity contribution in [3.05, 3.63) is 24.3 Å². The molecule has 1 aromatic rings. The topological polar surface area (TPSA) is 67.6 Å². The molecule has 0 saturated heterocycles. The number of rotatable bonds is 6. The molecule has 116 valence electrons. The largest absolute Gasteiger partial charge is 0.492 e. The van der Waals surface area contributed by atoms with Gasteiger partial charge in [0.05, 0.1) is 5.92 Å². The Morgan fingerprint density at radius 2 is 2.05 bits per heavy atom. The lowest BCUT2D eigenvalue weighted by Crippen LogP contribution is -2.34. The summed E-state index contributed by atoms with van der Waals surface area (Å²) in [7, 11) is 4.02. The van der Waals surface area contributed by atoms with Gasteiger partial charge in [-0.05, 0) is 51.2 Å². The summed E-state index contributed by atoms with van der Waals surface area (Å²) in [6.07, 6.45) is 2.87. The van der Waals surface area contributed by atoms with Crippen molar-refractivity contribution in [3.63, 3.8) is 0 Å². The van der Waals surface area contributed by atoms with E-state index in [1.807, 2.05) is 38.4 Å². The minimum Gasteiger partial charge on any atom is -0.492 e. The number of nitrogens with zero attached hydrogens (tertiary/aromatic N) is 1. The summed E-state index contributed by atoms with van der Waals surface area (Å²) in [4.78, 5) is 14.2. The van der Waals surface area contributed by atoms with Gasteiger partial charge in [-0.3, -0.25) is 4.79 Å². The van der Waals surface area contributed by atoms with Crippen molar-refractivity contribution in [1.29, 1.82) is 0 Å². The predicted molar refractivity (Wildman–Crippen MR) is 84.4 cm³/mol. The number of nitrogens with two attached hydrogens (primary N) is 1. The quantitative estimate of drug-likeness (QED) is 0.837. The Morgan fingerprint density at radius 1 is 1.33 bits per heavy atom. The van der Waals surface area contributed by atoms with Crippen molar-refractivity contribution >= 4 is 11.6 Å². The molecule has 2 atom stereocenters. The Kier molecular flexibility index (Phi) is 5.59. The molecule has 0 aliphatic heterocycles. The van der Waals surface area contributed by atoms with E-state index in [1.165, 1.54) is 0 Å². The van der Waals surface area contributed by atoms with Crippen molar-refractivity contribution in [1.82, 2.24) is 4.90 Å². The van der Waals surface area contributed by atoms with Crippen LogP contribution in [0.1, 0.15) is 19.3 Å². The lowest BCUT2D eigenvalue weighted by Gasteiger charge is -2.15. The van der Waals surface area contributed by atoms with Crippen LogP contribution in [0.3, 0.4) is 0 Å². The highest BCUT2D eigenvalue weighted by molar-refractivity contribution is 5.93. The molecule has 1 saturated carbocycles. The molecule has 5 nitrogen and oxygen atoms in total. The Morgan fingerprint density at radius 3 is 2.62 bits per heavy atom. The van der Waals surface area contributed by atoms with Gasteiger partial charge in [-0.2, -0.15) is 0 Å². The van der Waals surface area contributed by atoms with Crippen LogP contribution >= 0.6 is 0 Å². The van der Waals surface area contributed by atoms with Gasteiger partial charge in [0.1, 0.15) is 12.4 Å². The monoisotopic (exact) mass is 291 g/mol. The minimum absolute atomic E-state index is 0.00126. The number of hydrogen-bond donors (Lipinski definition) is 2. The van der Waals surface area contributed by atoms with E-state index in [1.54, 1.807) is 0 Å². The average Bonchev–Trinajstić information content (AvgIpc) is 2.87. The van der Waals surface area contributed by atoms with Crippen LogP contribution in [0, 0.1) is 5.92 Å². The van der Waals surface area contributed by atoms with E-state index in [4.69, 9.17) is 10.5 Å². The number of anilines is 1. The van der Waals surface area contributed by atoms with Gasteiger partial charge in [0.25, 0.3) is 0 Å². The van der Waals surface area contributed by atoms with Gasteiger partial charge in [-0.25, -0.2) is 0 Å². The van der Waals surface area contributed by atoms with Crippen LogP contribution in [0.4, 0.5) is 5.69 Å². The number of benzene rings is 1. The molecule has 3 N–H and O–H groups in total. The van der Waals surface area contributed by atoms with Crippen LogP contribution in [0.5, 0.6) is 5.75 Å². The van der Waals surface area contributed by atoms with Crippen molar-refractivity contribution in [2.75, 3.05) is 32.6 Å². The number of amides is 1. The highest BCUT2D eigenvalue weighted by atomic mass is 16.5. The molecule has 21 heavy (non-hydrogen) atoms. The van der Waals surface area contributed by atoms with Crippen LogP contribution in [0.25, 0.3) is 0 Å². The molecule has 2 unspecified atom stereocenters. The van der Waals surface area contributed by atoms with Gasteiger partial charge in [0, 0.05) is 18.3 Å². The summed E-state index contributed by atoms with van der Waals surface area (Å²) in [5, 5.41) is 2.93. The molecule has 1 aliphatic carbocycles. The molecule has 0 spiro atoms. The van der Waals surface area contributed by atoms with E-state index in [0.717, 1.165) is 37.2 Å². The van der Waals surface area contributed by atoms with Crippen LogP contribution in [-0.2, 0) is 4.79 Å². The molecular formula is C16H25N3O2. The van der Waals surface area contributed by atoms with Crippen LogP contribution < -0.4 is 15.8 Å². The van der Waals surface area contributed by atoms with E-state index < -0.39 is 0 Å². The molecule has 1 fully saturated rings. The fraction of sp³-hybridized carbons (Fsp3) is 0.562. The van der Waals surface area contributed by atoms with E-state index in [-0.39, 0.29) is 17.9 Å². The SMILES string of the molecule is CN(C)CCOc1ccc(NC(=O)C2CCCC2N)cc1. The molecule has 2 rings (SSSR count). The predicted octanol–water partition coefficient (Wildman–Crippen LogP) is 1.69. The van der Waals surface area contributed by atoms with Crippen molar-refractivity contribution in [2.45, 2.75) is 25.3 Å². The molecule has 1 aromatic carbocycles. The summed E-state index contributed by atoms with van der Waals surface area (Å²) >= 11 is 0. The second kappa shape index (κ2) is 7.43. The first-order chi connectivity index (χ1) is 10.1. The fourth-order valence-electron chi connectivity index (χ4n) is 2.53. The summed E-state index contributed by atoms with van der Waals surface area (Å²) < 4.78 is 5.62. The van der Waals surface area contributed by atoms with Gasteiger partial charge < -0.3 is 20.7 Å².